The normalized spacial score (nSPS) is 14.3. The largest absolute Gasteiger partial charge is 0.497 e. The van der Waals surface area contributed by atoms with E-state index in [9.17, 15) is 4.39 Å². The predicted octanol–water partition coefficient (Wildman–Crippen LogP) is 4.44. The van der Waals surface area contributed by atoms with Gasteiger partial charge in [0.05, 0.1) is 31.0 Å². The molecule has 0 unspecified atom stereocenters. The summed E-state index contributed by atoms with van der Waals surface area (Å²) in [6.07, 6.45) is 3.10. The topological polar surface area (TPSA) is 86.5 Å². The van der Waals surface area contributed by atoms with E-state index in [1.807, 2.05) is 25.1 Å². The van der Waals surface area contributed by atoms with Gasteiger partial charge in [0.2, 0.25) is 0 Å². The first-order chi connectivity index (χ1) is 16.0. The minimum atomic E-state index is -0.604. The number of anilines is 1. The number of methoxy groups -OCH3 is 2. The Hall–Kier alpha value is -3.27. The van der Waals surface area contributed by atoms with Gasteiger partial charge in [-0.2, -0.15) is 0 Å². The Labute approximate surface area is 198 Å². The van der Waals surface area contributed by atoms with Crippen molar-refractivity contribution in [2.45, 2.75) is 31.7 Å². The van der Waals surface area contributed by atoms with Crippen LogP contribution in [0.4, 0.5) is 10.2 Å². The van der Waals surface area contributed by atoms with Crippen LogP contribution in [0, 0.1) is 12.7 Å². The lowest BCUT2D eigenvalue weighted by Crippen LogP contribution is -2.15. The van der Waals surface area contributed by atoms with Gasteiger partial charge >= 0.3 is 0 Å². The molecule has 3 heterocycles. The lowest BCUT2D eigenvalue weighted by Gasteiger charge is -2.12. The molecule has 5 rings (SSSR count). The number of benzene rings is 1. The second kappa shape index (κ2) is 8.26. The number of rotatable bonds is 7. The Balaban J connectivity index is 1.53. The van der Waals surface area contributed by atoms with E-state index in [0.717, 1.165) is 24.1 Å². The number of halogens is 2. The number of nitrogens with one attached hydrogen (secondary N) is 1. The van der Waals surface area contributed by atoms with Gasteiger partial charge < -0.3 is 14.8 Å². The second-order valence-corrected chi connectivity index (χ2v) is 8.71. The molecule has 1 aliphatic rings. The highest BCUT2D eigenvalue weighted by Gasteiger charge is 2.52. The van der Waals surface area contributed by atoms with Crippen molar-refractivity contribution < 1.29 is 13.9 Å². The van der Waals surface area contributed by atoms with Crippen LogP contribution in [0.15, 0.2) is 41.1 Å². The maximum Gasteiger partial charge on any atom is 0.198 e. The van der Waals surface area contributed by atoms with Crippen LogP contribution >= 0.6 is 15.9 Å². The highest BCUT2D eigenvalue weighted by atomic mass is 79.9. The summed E-state index contributed by atoms with van der Waals surface area (Å²) in [7, 11) is 3.23. The third-order valence-electron chi connectivity index (χ3n) is 5.98. The summed E-state index contributed by atoms with van der Waals surface area (Å²) in [5, 5.41) is 8.09. The van der Waals surface area contributed by atoms with Gasteiger partial charge in [-0.3, -0.25) is 4.98 Å². The maximum absolute atomic E-state index is 14.5. The van der Waals surface area contributed by atoms with E-state index in [1.165, 1.54) is 6.07 Å². The molecule has 1 saturated carbocycles. The molecule has 3 aromatic heterocycles. The van der Waals surface area contributed by atoms with E-state index in [-0.39, 0.29) is 5.82 Å². The molecule has 0 spiro atoms. The lowest BCUT2D eigenvalue weighted by molar-refractivity contribution is 0.391. The number of aryl methyl sites for hydroxylation is 1. The first kappa shape index (κ1) is 21.6. The number of aromatic nitrogens is 5. The van der Waals surface area contributed by atoms with Crippen molar-refractivity contribution in [3.05, 3.63) is 69.7 Å². The van der Waals surface area contributed by atoms with Gasteiger partial charge in [0.1, 0.15) is 21.9 Å². The minimum Gasteiger partial charge on any atom is -0.497 e. The maximum atomic E-state index is 14.5. The molecular formula is C23H22BrFN6O2. The number of hydrogen-bond acceptors (Lipinski definition) is 7. The monoisotopic (exact) mass is 512 g/mol. The van der Waals surface area contributed by atoms with E-state index in [0.29, 0.717) is 45.6 Å². The molecule has 10 heteroatoms. The van der Waals surface area contributed by atoms with Crippen LogP contribution in [0.25, 0.3) is 5.65 Å². The first-order valence-electron chi connectivity index (χ1n) is 10.5. The lowest BCUT2D eigenvalue weighted by atomic mass is 10.0. The van der Waals surface area contributed by atoms with E-state index in [2.05, 4.69) is 31.2 Å². The van der Waals surface area contributed by atoms with Gasteiger partial charge in [0, 0.05) is 24.4 Å². The number of nitrogens with zero attached hydrogens (tertiary/aromatic N) is 5. The summed E-state index contributed by atoms with van der Waals surface area (Å²) < 4.78 is 27.7. The van der Waals surface area contributed by atoms with Crippen molar-refractivity contribution in [2.24, 2.45) is 0 Å². The van der Waals surface area contributed by atoms with Gasteiger partial charge in [-0.1, -0.05) is 0 Å². The Morgan fingerprint density at radius 3 is 2.70 bits per heavy atom. The highest BCUT2D eigenvalue weighted by Crippen LogP contribution is 2.52. The van der Waals surface area contributed by atoms with E-state index in [4.69, 9.17) is 19.6 Å². The molecule has 0 aliphatic heterocycles. The summed E-state index contributed by atoms with van der Waals surface area (Å²) in [6, 6.07) is 8.66. The number of ether oxygens (including phenoxy) is 2. The van der Waals surface area contributed by atoms with E-state index >= 15 is 0 Å². The highest BCUT2D eigenvalue weighted by molar-refractivity contribution is 9.10. The van der Waals surface area contributed by atoms with Gasteiger partial charge in [-0.15, -0.1) is 5.10 Å². The third-order valence-corrected chi connectivity index (χ3v) is 6.73. The Morgan fingerprint density at radius 2 is 2.00 bits per heavy atom. The zero-order valence-corrected chi connectivity index (χ0v) is 20.0. The molecule has 4 aromatic rings. The zero-order valence-electron chi connectivity index (χ0n) is 18.4. The molecule has 1 aliphatic carbocycles. The molecule has 1 N–H and O–H groups in total. The Kier molecular flexibility index (Phi) is 5.40. The molecule has 0 saturated heterocycles. The summed E-state index contributed by atoms with van der Waals surface area (Å²) in [5.74, 6) is 2.19. The number of fused-ring (bicyclic) bond motifs is 1. The smallest absolute Gasteiger partial charge is 0.198 e. The molecule has 1 fully saturated rings. The molecule has 0 radical (unpaired) electrons. The third kappa shape index (κ3) is 3.68. The van der Waals surface area contributed by atoms with Crippen LogP contribution in [-0.2, 0) is 12.0 Å². The average molecular weight is 513 g/mol. The van der Waals surface area contributed by atoms with Crippen LogP contribution in [-0.4, -0.2) is 38.8 Å². The van der Waals surface area contributed by atoms with Crippen LogP contribution in [0.2, 0.25) is 0 Å². The van der Waals surface area contributed by atoms with Crippen LogP contribution in [0.3, 0.4) is 0 Å². The van der Waals surface area contributed by atoms with Crippen molar-refractivity contribution in [3.8, 4) is 11.5 Å². The molecule has 170 valence electrons. The van der Waals surface area contributed by atoms with Crippen LogP contribution in [0.5, 0.6) is 11.5 Å². The fourth-order valence-corrected chi connectivity index (χ4v) is 4.29. The molecule has 1 aromatic carbocycles. The molecule has 0 amide bonds. The fourth-order valence-electron chi connectivity index (χ4n) is 3.94. The van der Waals surface area contributed by atoms with Crippen LogP contribution in [0.1, 0.15) is 35.6 Å². The predicted molar refractivity (Wildman–Crippen MR) is 124 cm³/mol. The van der Waals surface area contributed by atoms with Gasteiger partial charge in [-0.25, -0.2) is 18.9 Å². The summed E-state index contributed by atoms with van der Waals surface area (Å²) in [6.45, 7) is 2.35. The van der Waals surface area contributed by atoms with E-state index < -0.39 is 5.41 Å². The second-order valence-electron chi connectivity index (χ2n) is 7.95. The first-order valence-corrected chi connectivity index (χ1v) is 11.3. The Morgan fingerprint density at radius 1 is 1.18 bits per heavy atom. The van der Waals surface area contributed by atoms with Crippen molar-refractivity contribution in [1.29, 1.82) is 0 Å². The summed E-state index contributed by atoms with van der Waals surface area (Å²) in [4.78, 5) is 13.7. The van der Waals surface area contributed by atoms with Crippen LogP contribution < -0.4 is 14.8 Å². The van der Waals surface area contributed by atoms with Gasteiger partial charge in [0.15, 0.2) is 17.3 Å². The van der Waals surface area contributed by atoms with Crippen molar-refractivity contribution in [3.63, 3.8) is 0 Å². The number of hydrogen-bond donors (Lipinski definition) is 1. The standard InChI is InChI=1S/C23H22BrFN6O2/c1-13-19(24)28-20(27-12-14-6-7-15(32-2)11-17(14)33-3)21-29-22(30-31(13)21)23(8-9-23)18-16(25)5-4-10-26-18/h4-7,10-11H,8-9,12H2,1-3H3,(H,27,28). The quantitative estimate of drug-likeness (QED) is 0.391. The average Bonchev–Trinajstić information content (AvgIpc) is 3.51. The Bertz CT molecular complexity index is 1350. The molecule has 0 bridgehead atoms. The molecule has 33 heavy (non-hydrogen) atoms. The van der Waals surface area contributed by atoms with Gasteiger partial charge in [-0.05, 0) is 60.0 Å². The molecular weight excluding hydrogens is 491 g/mol. The molecule has 0 atom stereocenters. The summed E-state index contributed by atoms with van der Waals surface area (Å²) >= 11 is 3.52. The van der Waals surface area contributed by atoms with Crippen molar-refractivity contribution >= 4 is 27.4 Å². The molecule has 8 nitrogen and oxygen atoms in total. The van der Waals surface area contributed by atoms with Crippen molar-refractivity contribution in [1.82, 2.24) is 24.6 Å². The zero-order chi connectivity index (χ0) is 23.2. The number of pyridine rings is 1. The fraction of sp³-hybridized carbons (Fsp3) is 0.304. The summed E-state index contributed by atoms with van der Waals surface area (Å²) in [5.41, 5.74) is 2.09. The SMILES string of the molecule is COc1ccc(CNc2nc(Br)c(C)n3nc(C4(c5ncccc5F)CC4)nc23)c(OC)c1. The van der Waals surface area contributed by atoms with Crippen molar-refractivity contribution in [2.75, 3.05) is 19.5 Å². The van der Waals surface area contributed by atoms with E-state index in [1.54, 1.807) is 31.0 Å². The van der Waals surface area contributed by atoms with Gasteiger partial charge in [0.25, 0.3) is 0 Å². The minimum absolute atomic E-state index is 0.338.